The smallest absolute Gasteiger partial charge is 0.0523 e. The Morgan fingerprint density at radius 3 is 1.46 bits per heavy atom. The van der Waals surface area contributed by atoms with Crippen molar-refractivity contribution in [3.63, 3.8) is 0 Å². The maximum Gasteiger partial charge on any atom is 0.0523 e. The third-order valence-corrected chi connectivity index (χ3v) is 11.2. The predicted octanol–water partition coefficient (Wildman–Crippen LogP) is 10.2. The zero-order chi connectivity index (χ0) is 27.5. The molecule has 2 heterocycles. The average Bonchev–Trinajstić information content (AvgIpc) is 3.51. The largest absolute Gasteiger partial charge is 0.341 e. The van der Waals surface area contributed by atoms with E-state index in [1.165, 1.54) is 93.0 Å². The van der Waals surface area contributed by atoms with Gasteiger partial charge in [0.2, 0.25) is 0 Å². The maximum absolute atomic E-state index is 2.56. The normalized spacial score (nSPS) is 20.6. The summed E-state index contributed by atoms with van der Waals surface area (Å²) in [7, 11) is 0. The molecule has 0 aromatic heterocycles. The molecule has 2 aliphatic heterocycles. The lowest BCUT2D eigenvalue weighted by molar-refractivity contribution is 0.766. The first-order valence-electron chi connectivity index (χ1n) is 15.2. The summed E-state index contributed by atoms with van der Waals surface area (Å²) in [6, 6.07) is 31.9. The van der Waals surface area contributed by atoms with Crippen LogP contribution in [0.3, 0.4) is 0 Å². The van der Waals surface area contributed by atoms with Crippen LogP contribution < -0.4 is 9.80 Å². The molecule has 0 N–H and O–H groups in total. The molecule has 8 rings (SSSR count). The highest BCUT2D eigenvalue weighted by Gasteiger charge is 2.34. The van der Waals surface area contributed by atoms with E-state index < -0.39 is 0 Å². The minimum absolute atomic E-state index is 0.364. The van der Waals surface area contributed by atoms with Gasteiger partial charge in [0, 0.05) is 47.0 Å². The third kappa shape index (κ3) is 4.08. The number of fused-ring (bicyclic) bond motifs is 4. The fraction of sp³-hybridized carbons (Fsp3) is 0.263. The number of benzene rings is 4. The van der Waals surface area contributed by atoms with Gasteiger partial charge in [-0.3, -0.25) is 0 Å². The molecule has 4 aromatic rings. The SMILES string of the molecule is CC1=Cc2c(cccc2N2CCCc3ccccc32)C1SC1C(C)=Cc2c1cccc2N1CCCc2ccccc21. The van der Waals surface area contributed by atoms with E-state index in [-0.39, 0.29) is 0 Å². The molecule has 204 valence electrons. The van der Waals surface area contributed by atoms with Gasteiger partial charge in [-0.05, 0) is 86.1 Å². The van der Waals surface area contributed by atoms with Crippen molar-refractivity contribution in [2.45, 2.75) is 50.0 Å². The van der Waals surface area contributed by atoms with E-state index in [1.54, 1.807) is 0 Å². The molecule has 41 heavy (non-hydrogen) atoms. The van der Waals surface area contributed by atoms with Crippen LogP contribution in [0, 0.1) is 0 Å². The summed E-state index contributed by atoms with van der Waals surface area (Å²) in [5.41, 5.74) is 17.1. The van der Waals surface area contributed by atoms with Crippen LogP contribution in [0.1, 0.15) is 70.6 Å². The number of anilines is 4. The second kappa shape index (κ2) is 9.99. The van der Waals surface area contributed by atoms with Gasteiger partial charge in [-0.1, -0.05) is 84.0 Å². The second-order valence-corrected chi connectivity index (χ2v) is 13.2. The van der Waals surface area contributed by atoms with Gasteiger partial charge in [-0.2, -0.15) is 0 Å². The van der Waals surface area contributed by atoms with Crippen molar-refractivity contribution >= 4 is 46.7 Å². The molecule has 3 heteroatoms. The van der Waals surface area contributed by atoms with Crippen LogP contribution in [-0.2, 0) is 12.8 Å². The Bertz CT molecular complexity index is 1600. The Hall–Kier alpha value is -3.69. The van der Waals surface area contributed by atoms with E-state index in [2.05, 4.69) is 132 Å². The monoisotopic (exact) mass is 552 g/mol. The standard InChI is InChI=1S/C38H36N2S/c1-25-23-31-29(15-7-19-35(31)39-21-9-13-27-11-3-5-17-33(27)39)37(25)41-38-26(2)24-32-30(38)16-8-20-36(32)40-22-10-14-28-12-4-6-18-34(28)40/h3-8,11-12,15-20,23-24,37-38H,9-10,13-14,21-22H2,1-2H3. The van der Waals surface area contributed by atoms with Gasteiger partial charge in [0.1, 0.15) is 0 Å². The highest BCUT2D eigenvalue weighted by Crippen LogP contribution is 2.57. The fourth-order valence-electron chi connectivity index (χ4n) is 7.55. The van der Waals surface area contributed by atoms with Crippen molar-refractivity contribution in [1.29, 1.82) is 0 Å². The molecule has 0 fully saturated rings. The van der Waals surface area contributed by atoms with Crippen LogP contribution in [0.15, 0.2) is 96.1 Å². The summed E-state index contributed by atoms with van der Waals surface area (Å²) >= 11 is 2.12. The molecule has 0 spiro atoms. The van der Waals surface area contributed by atoms with Gasteiger partial charge in [-0.25, -0.2) is 0 Å². The highest BCUT2D eigenvalue weighted by molar-refractivity contribution is 8.00. The van der Waals surface area contributed by atoms with Gasteiger partial charge in [0.15, 0.2) is 0 Å². The van der Waals surface area contributed by atoms with Gasteiger partial charge in [-0.15, -0.1) is 11.8 Å². The maximum atomic E-state index is 2.56. The molecule has 0 bridgehead atoms. The van der Waals surface area contributed by atoms with Crippen LogP contribution in [0.4, 0.5) is 22.7 Å². The first-order valence-corrected chi connectivity index (χ1v) is 16.1. The van der Waals surface area contributed by atoms with E-state index in [9.17, 15) is 0 Å². The number of thioether (sulfide) groups is 1. The fourth-order valence-corrected chi connectivity index (χ4v) is 9.09. The minimum Gasteiger partial charge on any atom is -0.341 e. The van der Waals surface area contributed by atoms with Gasteiger partial charge < -0.3 is 9.80 Å². The summed E-state index contributed by atoms with van der Waals surface area (Å²) in [4.78, 5) is 5.13. The van der Waals surface area contributed by atoms with Crippen LogP contribution in [0.2, 0.25) is 0 Å². The van der Waals surface area contributed by atoms with Crippen LogP contribution >= 0.6 is 11.8 Å². The molecule has 4 aromatic carbocycles. The molecule has 0 amide bonds. The second-order valence-electron chi connectivity index (χ2n) is 12.0. The Labute approximate surface area is 248 Å². The lowest BCUT2D eigenvalue weighted by Crippen LogP contribution is -2.25. The zero-order valence-corrected chi connectivity index (χ0v) is 24.8. The van der Waals surface area contributed by atoms with Crippen molar-refractivity contribution < 1.29 is 0 Å². The van der Waals surface area contributed by atoms with Crippen molar-refractivity contribution in [3.8, 4) is 0 Å². The lowest BCUT2D eigenvalue weighted by atomic mass is 9.99. The summed E-state index contributed by atoms with van der Waals surface area (Å²) in [5, 5.41) is 0.729. The van der Waals surface area contributed by atoms with E-state index >= 15 is 0 Å². The van der Waals surface area contributed by atoms with Crippen molar-refractivity contribution in [1.82, 2.24) is 0 Å². The van der Waals surface area contributed by atoms with Crippen LogP contribution in [-0.4, -0.2) is 13.1 Å². The Kier molecular flexibility index (Phi) is 6.11. The first kappa shape index (κ1) is 25.1. The summed E-state index contributed by atoms with van der Waals surface area (Å²) in [6.07, 6.45) is 9.69. The minimum atomic E-state index is 0.364. The average molecular weight is 553 g/mol. The van der Waals surface area contributed by atoms with Gasteiger partial charge in [0.05, 0.1) is 10.5 Å². The molecule has 2 aliphatic carbocycles. The third-order valence-electron chi connectivity index (χ3n) is 9.44. The molecule has 2 nitrogen and oxygen atoms in total. The van der Waals surface area contributed by atoms with E-state index in [1.807, 2.05) is 0 Å². The Morgan fingerprint density at radius 2 is 0.976 bits per heavy atom. The highest BCUT2D eigenvalue weighted by atomic mass is 32.2. The molecular weight excluding hydrogens is 516 g/mol. The topological polar surface area (TPSA) is 6.48 Å². The van der Waals surface area contributed by atoms with E-state index in [4.69, 9.17) is 0 Å². The molecular formula is C38H36N2S. The van der Waals surface area contributed by atoms with Crippen molar-refractivity contribution in [2.75, 3.05) is 22.9 Å². The predicted molar refractivity (Wildman–Crippen MR) is 177 cm³/mol. The van der Waals surface area contributed by atoms with Gasteiger partial charge in [0.25, 0.3) is 0 Å². The molecule has 0 saturated heterocycles. The number of para-hydroxylation sites is 2. The van der Waals surface area contributed by atoms with E-state index in [0.29, 0.717) is 10.5 Å². The number of aryl methyl sites for hydroxylation is 2. The van der Waals surface area contributed by atoms with Crippen LogP contribution in [0.5, 0.6) is 0 Å². The molecule has 4 aliphatic rings. The molecule has 2 atom stereocenters. The molecule has 2 unspecified atom stereocenters. The number of rotatable bonds is 4. The molecule has 0 saturated carbocycles. The van der Waals surface area contributed by atoms with Gasteiger partial charge >= 0.3 is 0 Å². The summed E-state index contributed by atoms with van der Waals surface area (Å²) in [6.45, 7) is 6.83. The van der Waals surface area contributed by atoms with E-state index in [0.717, 1.165) is 13.1 Å². The summed E-state index contributed by atoms with van der Waals surface area (Å²) < 4.78 is 0. The Morgan fingerprint density at radius 1 is 0.537 bits per heavy atom. The number of nitrogens with zero attached hydrogens (tertiary/aromatic N) is 2. The lowest BCUT2D eigenvalue weighted by Gasteiger charge is -2.33. The number of hydrogen-bond donors (Lipinski definition) is 0. The zero-order valence-electron chi connectivity index (χ0n) is 23.9. The van der Waals surface area contributed by atoms with Crippen molar-refractivity contribution in [3.05, 3.63) is 129 Å². The van der Waals surface area contributed by atoms with Crippen LogP contribution in [0.25, 0.3) is 12.2 Å². The Balaban J connectivity index is 1.13. The quantitative estimate of drug-likeness (QED) is 0.249. The number of hydrogen-bond acceptors (Lipinski definition) is 3. The van der Waals surface area contributed by atoms with Crippen molar-refractivity contribution in [2.24, 2.45) is 0 Å². The summed E-state index contributed by atoms with van der Waals surface area (Å²) in [5.74, 6) is 0. The molecule has 0 radical (unpaired) electrons. The first-order chi connectivity index (χ1) is 20.2.